The van der Waals surface area contributed by atoms with Gasteiger partial charge < -0.3 is 9.64 Å². The summed E-state index contributed by atoms with van der Waals surface area (Å²) in [6.45, 7) is 4.69. The van der Waals surface area contributed by atoms with Gasteiger partial charge in [0, 0.05) is 32.4 Å². The molecular formula is C17H23N5O4S. The first kappa shape index (κ1) is 19.3. The van der Waals surface area contributed by atoms with Crippen molar-refractivity contribution in [3.05, 3.63) is 35.3 Å². The number of ether oxygens (including phenoxy) is 1. The van der Waals surface area contributed by atoms with Crippen molar-refractivity contribution in [2.75, 3.05) is 33.3 Å². The summed E-state index contributed by atoms with van der Waals surface area (Å²) in [6, 6.07) is 3.33. The Morgan fingerprint density at radius 3 is 2.67 bits per heavy atom. The summed E-state index contributed by atoms with van der Waals surface area (Å²) in [5.74, 6) is 0.0516. The molecule has 0 aromatic carbocycles. The monoisotopic (exact) mass is 393 g/mol. The fourth-order valence-electron chi connectivity index (χ4n) is 3.27. The number of hydrogen-bond donors (Lipinski definition) is 1. The fraction of sp³-hybridized carbons (Fsp3) is 0.471. The number of aromatic nitrogens is 3. The Morgan fingerprint density at radius 1 is 1.22 bits per heavy atom. The van der Waals surface area contributed by atoms with E-state index in [4.69, 9.17) is 4.74 Å². The second-order valence-electron chi connectivity index (χ2n) is 6.37. The Balaban J connectivity index is 1.79. The number of aryl methyl sites for hydroxylation is 2. The highest BCUT2D eigenvalue weighted by Crippen LogP contribution is 2.23. The Kier molecular flexibility index (Phi) is 5.47. The zero-order valence-electron chi connectivity index (χ0n) is 15.6. The van der Waals surface area contributed by atoms with E-state index in [1.54, 1.807) is 37.1 Å². The SMILES string of the molecule is COc1ncccc1C(=O)N1CCCN(S(=O)(=O)c2c(C)n[nH]c2C)CC1. The van der Waals surface area contributed by atoms with Crippen molar-refractivity contribution in [3.8, 4) is 5.88 Å². The molecular weight excluding hydrogens is 370 g/mol. The maximum atomic E-state index is 13.0. The third kappa shape index (κ3) is 3.67. The van der Waals surface area contributed by atoms with Crippen molar-refractivity contribution < 1.29 is 17.9 Å². The number of nitrogens with zero attached hydrogens (tertiary/aromatic N) is 4. The van der Waals surface area contributed by atoms with Gasteiger partial charge >= 0.3 is 0 Å². The molecule has 0 bridgehead atoms. The summed E-state index contributed by atoms with van der Waals surface area (Å²) >= 11 is 0. The molecule has 1 N–H and O–H groups in total. The van der Waals surface area contributed by atoms with Crippen LogP contribution in [0.15, 0.2) is 23.2 Å². The number of carbonyl (C=O) groups excluding carboxylic acids is 1. The smallest absolute Gasteiger partial charge is 0.259 e. The highest BCUT2D eigenvalue weighted by Gasteiger charge is 2.32. The average Bonchev–Trinajstić information content (AvgIpc) is 2.87. The van der Waals surface area contributed by atoms with E-state index in [9.17, 15) is 13.2 Å². The van der Waals surface area contributed by atoms with Crippen molar-refractivity contribution in [1.29, 1.82) is 0 Å². The maximum Gasteiger partial charge on any atom is 0.259 e. The van der Waals surface area contributed by atoms with Gasteiger partial charge in [-0.15, -0.1) is 0 Å². The van der Waals surface area contributed by atoms with E-state index < -0.39 is 10.0 Å². The number of H-pyrrole nitrogens is 1. The second kappa shape index (κ2) is 7.65. The molecule has 1 amide bonds. The third-order valence-corrected chi connectivity index (χ3v) is 6.76. The summed E-state index contributed by atoms with van der Waals surface area (Å²) in [7, 11) is -2.20. The molecule has 27 heavy (non-hydrogen) atoms. The van der Waals surface area contributed by atoms with Crippen LogP contribution in [0.3, 0.4) is 0 Å². The van der Waals surface area contributed by atoms with Gasteiger partial charge in [0.1, 0.15) is 10.5 Å². The summed E-state index contributed by atoms with van der Waals surface area (Å²) in [6.07, 6.45) is 2.10. The number of sulfonamides is 1. The van der Waals surface area contributed by atoms with Crippen LogP contribution in [0.1, 0.15) is 28.2 Å². The molecule has 0 aliphatic carbocycles. The van der Waals surface area contributed by atoms with Crippen LogP contribution in [0.25, 0.3) is 0 Å². The van der Waals surface area contributed by atoms with Gasteiger partial charge in [-0.1, -0.05) is 0 Å². The van der Waals surface area contributed by atoms with Crippen LogP contribution in [0.5, 0.6) is 5.88 Å². The molecule has 2 aromatic heterocycles. The number of amides is 1. The summed E-state index contributed by atoms with van der Waals surface area (Å²) in [5, 5.41) is 6.70. The zero-order chi connectivity index (χ0) is 19.6. The van der Waals surface area contributed by atoms with E-state index in [1.807, 2.05) is 0 Å². The Hall–Kier alpha value is -2.46. The first-order chi connectivity index (χ1) is 12.9. The van der Waals surface area contributed by atoms with Gasteiger partial charge in [-0.25, -0.2) is 13.4 Å². The second-order valence-corrected chi connectivity index (χ2v) is 8.25. The Bertz CT molecular complexity index is 921. The largest absolute Gasteiger partial charge is 0.480 e. The highest BCUT2D eigenvalue weighted by atomic mass is 32.2. The summed E-state index contributed by atoms with van der Waals surface area (Å²) in [4.78, 5) is 18.8. The minimum atomic E-state index is -3.67. The molecule has 9 nitrogen and oxygen atoms in total. The molecule has 10 heteroatoms. The van der Waals surface area contributed by atoms with Crippen molar-refractivity contribution in [1.82, 2.24) is 24.4 Å². The lowest BCUT2D eigenvalue weighted by Crippen LogP contribution is -2.37. The standard InChI is InChI=1S/C17H23N5O4S/c1-12-15(13(2)20-19-12)27(24,25)22-9-5-8-21(10-11-22)17(23)14-6-4-7-18-16(14)26-3/h4,6-7H,5,8-11H2,1-3H3,(H,19,20). The maximum absolute atomic E-state index is 13.0. The topological polar surface area (TPSA) is 108 Å². The first-order valence-electron chi connectivity index (χ1n) is 8.66. The van der Waals surface area contributed by atoms with Gasteiger partial charge in [0.15, 0.2) is 0 Å². The lowest BCUT2D eigenvalue weighted by atomic mass is 10.2. The van der Waals surface area contributed by atoms with Gasteiger partial charge in [-0.05, 0) is 32.4 Å². The predicted octanol–water partition coefficient (Wildman–Crippen LogP) is 0.967. The molecule has 3 rings (SSSR count). The lowest BCUT2D eigenvalue weighted by molar-refractivity contribution is 0.0760. The molecule has 3 heterocycles. The van der Waals surface area contributed by atoms with Crippen molar-refractivity contribution in [3.63, 3.8) is 0 Å². The number of methoxy groups -OCH3 is 1. The van der Waals surface area contributed by atoms with E-state index in [2.05, 4.69) is 15.2 Å². The summed E-state index contributed by atoms with van der Waals surface area (Å²) < 4.78 is 32.6. The molecule has 0 atom stereocenters. The van der Waals surface area contributed by atoms with Crippen molar-refractivity contribution in [2.45, 2.75) is 25.2 Å². The minimum Gasteiger partial charge on any atom is -0.480 e. The van der Waals surface area contributed by atoms with Gasteiger partial charge in [-0.3, -0.25) is 9.89 Å². The van der Waals surface area contributed by atoms with E-state index in [0.29, 0.717) is 43.0 Å². The van der Waals surface area contributed by atoms with Crippen LogP contribution in [0, 0.1) is 13.8 Å². The summed E-state index contributed by atoms with van der Waals surface area (Å²) in [5.41, 5.74) is 1.34. The fourth-order valence-corrected chi connectivity index (χ4v) is 5.07. The molecule has 0 unspecified atom stereocenters. The minimum absolute atomic E-state index is 0.213. The number of hydrogen-bond acceptors (Lipinski definition) is 6. The Morgan fingerprint density at radius 2 is 2.00 bits per heavy atom. The number of aromatic amines is 1. The van der Waals surface area contributed by atoms with Crippen LogP contribution in [0.4, 0.5) is 0 Å². The van der Waals surface area contributed by atoms with Gasteiger partial charge in [0.2, 0.25) is 15.9 Å². The lowest BCUT2D eigenvalue weighted by Gasteiger charge is -2.22. The quantitative estimate of drug-likeness (QED) is 0.829. The highest BCUT2D eigenvalue weighted by molar-refractivity contribution is 7.89. The molecule has 146 valence electrons. The van der Waals surface area contributed by atoms with Crippen LogP contribution in [0.2, 0.25) is 0 Å². The molecule has 1 aliphatic rings. The van der Waals surface area contributed by atoms with Crippen molar-refractivity contribution >= 4 is 15.9 Å². The van der Waals surface area contributed by atoms with E-state index >= 15 is 0 Å². The number of pyridine rings is 1. The molecule has 1 aliphatic heterocycles. The van der Waals surface area contributed by atoms with Gasteiger partial charge in [-0.2, -0.15) is 9.40 Å². The molecule has 1 saturated heterocycles. The normalized spacial score (nSPS) is 16.2. The zero-order valence-corrected chi connectivity index (χ0v) is 16.4. The molecule has 0 saturated carbocycles. The number of rotatable bonds is 4. The molecule has 0 spiro atoms. The molecule has 2 aromatic rings. The van der Waals surface area contributed by atoms with Crippen LogP contribution in [-0.4, -0.2) is 72.0 Å². The first-order valence-corrected chi connectivity index (χ1v) is 10.1. The van der Waals surface area contributed by atoms with E-state index in [0.717, 1.165) is 0 Å². The van der Waals surface area contributed by atoms with Crippen LogP contribution < -0.4 is 4.74 Å². The third-order valence-electron chi connectivity index (χ3n) is 4.60. The van der Waals surface area contributed by atoms with Crippen LogP contribution in [-0.2, 0) is 10.0 Å². The molecule has 0 radical (unpaired) electrons. The van der Waals surface area contributed by atoms with Gasteiger partial charge in [0.05, 0.1) is 18.5 Å². The molecule has 1 fully saturated rings. The van der Waals surface area contributed by atoms with E-state index in [-0.39, 0.29) is 23.2 Å². The van der Waals surface area contributed by atoms with Crippen LogP contribution >= 0.6 is 0 Å². The Labute approximate surface area is 158 Å². The van der Waals surface area contributed by atoms with Gasteiger partial charge in [0.25, 0.3) is 5.91 Å². The average molecular weight is 393 g/mol. The number of carbonyl (C=O) groups is 1. The van der Waals surface area contributed by atoms with E-state index in [1.165, 1.54) is 11.4 Å². The number of nitrogens with one attached hydrogen (secondary N) is 1. The van der Waals surface area contributed by atoms with Crippen molar-refractivity contribution in [2.24, 2.45) is 0 Å². The predicted molar refractivity (Wildman–Crippen MR) is 98.1 cm³/mol.